The van der Waals surface area contributed by atoms with Crippen molar-refractivity contribution in [1.29, 1.82) is 0 Å². The monoisotopic (exact) mass is 288 g/mol. The number of rotatable bonds is 6. The number of hydrogen-bond acceptors (Lipinski definition) is 3. The van der Waals surface area contributed by atoms with E-state index in [1.54, 1.807) is 0 Å². The highest BCUT2D eigenvalue weighted by Crippen LogP contribution is 2.34. The van der Waals surface area contributed by atoms with Crippen LogP contribution in [0.2, 0.25) is 0 Å². The lowest BCUT2D eigenvalue weighted by atomic mass is 9.90. The van der Waals surface area contributed by atoms with E-state index in [0.717, 1.165) is 24.4 Å². The fourth-order valence-corrected chi connectivity index (χ4v) is 3.39. The number of likely N-dealkylation sites (N-methyl/N-ethyl adjacent to an activating group) is 2. The number of nitrogens with zero attached hydrogens (tertiary/aromatic N) is 1. The van der Waals surface area contributed by atoms with Gasteiger partial charge in [0.25, 0.3) is 0 Å². The van der Waals surface area contributed by atoms with Crippen molar-refractivity contribution < 1.29 is 4.42 Å². The lowest BCUT2D eigenvalue weighted by Gasteiger charge is -2.42. The molecule has 1 atom stereocenters. The van der Waals surface area contributed by atoms with Crippen LogP contribution in [0.3, 0.4) is 0 Å². The third-order valence-electron chi connectivity index (χ3n) is 4.55. The minimum atomic E-state index is -0.0127. The van der Waals surface area contributed by atoms with E-state index >= 15 is 0 Å². The third kappa shape index (κ3) is 2.99. The molecular weight excluding hydrogens is 260 g/mol. The Hall–Kier alpha value is -1.32. The molecule has 3 nitrogen and oxygen atoms in total. The molecule has 0 fully saturated rings. The van der Waals surface area contributed by atoms with Gasteiger partial charge in [-0.05, 0) is 59.1 Å². The van der Waals surface area contributed by atoms with Crippen molar-refractivity contribution in [1.82, 2.24) is 10.2 Å². The largest absolute Gasteiger partial charge is 0.459 e. The number of furan rings is 1. The Kier molecular flexibility index (Phi) is 4.74. The van der Waals surface area contributed by atoms with Crippen molar-refractivity contribution in [3.63, 3.8) is 0 Å². The zero-order valence-electron chi connectivity index (χ0n) is 14.2. The molecule has 0 spiro atoms. The molecule has 1 N–H and O–H groups in total. The number of benzene rings is 1. The molecule has 0 radical (unpaired) electrons. The number of hydrogen-bond donors (Lipinski definition) is 1. The molecule has 3 heteroatoms. The van der Waals surface area contributed by atoms with Gasteiger partial charge in [0.05, 0.1) is 6.04 Å². The van der Waals surface area contributed by atoms with Gasteiger partial charge >= 0.3 is 0 Å². The Labute approximate surface area is 128 Å². The molecule has 1 heterocycles. The van der Waals surface area contributed by atoms with Gasteiger partial charge in [0.15, 0.2) is 0 Å². The van der Waals surface area contributed by atoms with E-state index in [1.165, 1.54) is 10.9 Å². The summed E-state index contributed by atoms with van der Waals surface area (Å²) in [4.78, 5) is 2.46. The van der Waals surface area contributed by atoms with E-state index in [1.807, 2.05) is 7.05 Å². The molecule has 0 amide bonds. The highest BCUT2D eigenvalue weighted by atomic mass is 16.3. The zero-order chi connectivity index (χ0) is 15.6. The lowest BCUT2D eigenvalue weighted by molar-refractivity contribution is 0.0861. The molecule has 116 valence electrons. The number of aryl methyl sites for hydroxylation is 1. The summed E-state index contributed by atoms with van der Waals surface area (Å²) in [6, 6.07) is 8.67. The molecule has 0 aliphatic heterocycles. The van der Waals surface area contributed by atoms with E-state index in [9.17, 15) is 0 Å². The quantitative estimate of drug-likeness (QED) is 0.866. The minimum absolute atomic E-state index is 0.0127. The van der Waals surface area contributed by atoms with Crippen LogP contribution in [0.5, 0.6) is 0 Å². The molecule has 0 bridgehead atoms. The summed E-state index contributed by atoms with van der Waals surface area (Å²) in [5, 5.41) is 4.63. The fraction of sp³-hybridized carbons (Fsp3) is 0.556. The predicted octanol–water partition coefficient (Wildman–Crippen LogP) is 4.12. The van der Waals surface area contributed by atoms with Crippen molar-refractivity contribution in [2.45, 2.75) is 46.2 Å². The molecule has 0 aliphatic carbocycles. The van der Waals surface area contributed by atoms with Gasteiger partial charge in [-0.15, -0.1) is 0 Å². The van der Waals surface area contributed by atoms with Crippen LogP contribution in [0.15, 0.2) is 28.7 Å². The van der Waals surface area contributed by atoms with E-state index in [4.69, 9.17) is 4.42 Å². The summed E-state index contributed by atoms with van der Waals surface area (Å²) in [6.45, 7) is 13.1. The van der Waals surface area contributed by atoms with Crippen molar-refractivity contribution in [3.05, 3.63) is 35.6 Å². The number of fused-ring (bicyclic) bond motifs is 1. The molecular formula is C18H28N2O. The molecule has 0 aliphatic rings. The molecule has 1 unspecified atom stereocenters. The maximum absolute atomic E-state index is 6.11. The van der Waals surface area contributed by atoms with Crippen LogP contribution in [-0.4, -0.2) is 30.6 Å². The Bertz CT molecular complexity index is 596. The summed E-state index contributed by atoms with van der Waals surface area (Å²) in [5.74, 6) is 1.01. The maximum Gasteiger partial charge on any atom is 0.134 e. The highest BCUT2D eigenvalue weighted by Gasteiger charge is 2.36. The first-order valence-electron chi connectivity index (χ1n) is 7.86. The van der Waals surface area contributed by atoms with Crippen molar-refractivity contribution in [2.75, 3.05) is 20.1 Å². The fourth-order valence-electron chi connectivity index (χ4n) is 3.39. The van der Waals surface area contributed by atoms with E-state index in [2.05, 4.69) is 69.1 Å². The van der Waals surface area contributed by atoms with Crippen LogP contribution in [0.25, 0.3) is 11.0 Å². The van der Waals surface area contributed by atoms with E-state index in [0.29, 0.717) is 0 Å². The van der Waals surface area contributed by atoms with Gasteiger partial charge in [-0.25, -0.2) is 0 Å². The van der Waals surface area contributed by atoms with Crippen LogP contribution < -0.4 is 5.32 Å². The van der Waals surface area contributed by atoms with Crippen molar-refractivity contribution in [3.8, 4) is 0 Å². The van der Waals surface area contributed by atoms with Gasteiger partial charge in [0.2, 0.25) is 0 Å². The Balaban J connectivity index is 2.43. The maximum atomic E-state index is 6.11. The van der Waals surface area contributed by atoms with Crippen LogP contribution in [0, 0.1) is 6.92 Å². The summed E-state index contributed by atoms with van der Waals surface area (Å²) in [5.41, 5.74) is 2.21. The van der Waals surface area contributed by atoms with Crippen LogP contribution >= 0.6 is 0 Å². The van der Waals surface area contributed by atoms with Gasteiger partial charge in [-0.2, -0.15) is 0 Å². The first kappa shape index (κ1) is 16.1. The average Bonchev–Trinajstić information content (AvgIpc) is 2.82. The SMILES string of the molecule is CCN(CC)C(C)(C)C(NC)c1cc2cc(C)ccc2o1. The van der Waals surface area contributed by atoms with Gasteiger partial charge in [-0.1, -0.05) is 25.5 Å². The van der Waals surface area contributed by atoms with Crippen molar-refractivity contribution >= 4 is 11.0 Å². The second kappa shape index (κ2) is 6.20. The van der Waals surface area contributed by atoms with Gasteiger partial charge in [-0.3, -0.25) is 4.90 Å². The molecule has 2 rings (SSSR count). The third-order valence-corrected chi connectivity index (χ3v) is 4.55. The summed E-state index contributed by atoms with van der Waals surface area (Å²) in [6.07, 6.45) is 0. The molecule has 1 aromatic carbocycles. The number of nitrogens with one attached hydrogen (secondary N) is 1. The van der Waals surface area contributed by atoms with Crippen LogP contribution in [0.1, 0.15) is 45.1 Å². The summed E-state index contributed by atoms with van der Waals surface area (Å²) >= 11 is 0. The van der Waals surface area contributed by atoms with Gasteiger partial charge < -0.3 is 9.73 Å². The van der Waals surface area contributed by atoms with Crippen molar-refractivity contribution in [2.24, 2.45) is 0 Å². The second-order valence-electron chi connectivity index (χ2n) is 6.24. The molecule has 1 aromatic heterocycles. The van der Waals surface area contributed by atoms with Gasteiger partial charge in [0.1, 0.15) is 11.3 Å². The van der Waals surface area contributed by atoms with Crippen LogP contribution in [-0.2, 0) is 0 Å². The Morgan fingerprint density at radius 1 is 1.19 bits per heavy atom. The standard InChI is InChI=1S/C18H28N2O/c1-7-20(8-2)18(4,5)17(19-6)16-12-14-11-13(3)9-10-15(14)21-16/h9-12,17,19H,7-8H2,1-6H3. The molecule has 21 heavy (non-hydrogen) atoms. The lowest BCUT2D eigenvalue weighted by Crippen LogP contribution is -2.51. The Morgan fingerprint density at radius 3 is 2.43 bits per heavy atom. The molecule has 2 aromatic rings. The summed E-state index contributed by atoms with van der Waals surface area (Å²) in [7, 11) is 2.01. The Morgan fingerprint density at radius 2 is 1.86 bits per heavy atom. The van der Waals surface area contributed by atoms with Gasteiger partial charge in [0, 0.05) is 10.9 Å². The normalized spacial score (nSPS) is 14.0. The predicted molar refractivity (Wildman–Crippen MR) is 89.8 cm³/mol. The smallest absolute Gasteiger partial charge is 0.134 e. The topological polar surface area (TPSA) is 28.4 Å². The average molecular weight is 288 g/mol. The molecule has 0 saturated heterocycles. The highest BCUT2D eigenvalue weighted by molar-refractivity contribution is 5.78. The molecule has 0 saturated carbocycles. The van der Waals surface area contributed by atoms with E-state index < -0.39 is 0 Å². The first-order valence-corrected chi connectivity index (χ1v) is 7.86. The van der Waals surface area contributed by atoms with E-state index in [-0.39, 0.29) is 11.6 Å². The zero-order valence-corrected chi connectivity index (χ0v) is 14.2. The second-order valence-corrected chi connectivity index (χ2v) is 6.24. The summed E-state index contributed by atoms with van der Waals surface area (Å²) < 4.78 is 6.11. The minimum Gasteiger partial charge on any atom is -0.459 e. The van der Waals surface area contributed by atoms with Crippen LogP contribution in [0.4, 0.5) is 0 Å². The first-order chi connectivity index (χ1) is 9.93.